The number of nitrogens with zero attached hydrogens (tertiary/aromatic N) is 3. The molecule has 0 spiro atoms. The van der Waals surface area contributed by atoms with Gasteiger partial charge >= 0.3 is 0 Å². The molecule has 1 atom stereocenters. The zero-order valence-corrected chi connectivity index (χ0v) is 10.5. The lowest BCUT2D eigenvalue weighted by Gasteiger charge is -2.28. The standard InChI is InChI=1S/C10H14BrN3O/c1-13(2)7-3-4-14-8(6-15)10(11)12-9(14)5-7/h6-7H,3-5H2,1-2H3. The maximum Gasteiger partial charge on any atom is 0.169 e. The molecule has 2 heterocycles. The molecule has 1 aliphatic rings. The van der Waals surface area contributed by atoms with Crippen LogP contribution in [0, 0.1) is 0 Å². The number of hydrogen-bond donors (Lipinski definition) is 0. The van der Waals surface area contributed by atoms with Gasteiger partial charge in [-0.15, -0.1) is 0 Å². The van der Waals surface area contributed by atoms with Gasteiger partial charge in [0.05, 0.1) is 0 Å². The molecule has 1 aromatic heterocycles. The van der Waals surface area contributed by atoms with E-state index < -0.39 is 0 Å². The molecule has 0 saturated heterocycles. The molecule has 82 valence electrons. The Balaban J connectivity index is 2.32. The topological polar surface area (TPSA) is 38.1 Å². The second kappa shape index (κ2) is 4.06. The largest absolute Gasteiger partial charge is 0.325 e. The molecule has 0 radical (unpaired) electrons. The fraction of sp³-hybridized carbons (Fsp3) is 0.600. The summed E-state index contributed by atoms with van der Waals surface area (Å²) < 4.78 is 2.68. The van der Waals surface area contributed by atoms with E-state index in [0.29, 0.717) is 16.3 Å². The molecule has 0 aliphatic carbocycles. The van der Waals surface area contributed by atoms with Crippen LogP contribution in [0.3, 0.4) is 0 Å². The molecule has 5 heteroatoms. The fourth-order valence-electron chi connectivity index (χ4n) is 2.03. The van der Waals surface area contributed by atoms with Crippen LogP contribution in [-0.4, -0.2) is 40.9 Å². The van der Waals surface area contributed by atoms with E-state index in [4.69, 9.17) is 0 Å². The van der Waals surface area contributed by atoms with E-state index in [-0.39, 0.29) is 0 Å². The minimum absolute atomic E-state index is 0.534. The summed E-state index contributed by atoms with van der Waals surface area (Å²) in [6.07, 6.45) is 2.86. The minimum Gasteiger partial charge on any atom is -0.325 e. The molecule has 1 aliphatic heterocycles. The Labute approximate surface area is 97.4 Å². The van der Waals surface area contributed by atoms with Crippen LogP contribution in [0.5, 0.6) is 0 Å². The van der Waals surface area contributed by atoms with Crippen LogP contribution in [0.25, 0.3) is 0 Å². The summed E-state index contributed by atoms with van der Waals surface area (Å²) in [6, 6.07) is 0.534. The van der Waals surface area contributed by atoms with E-state index in [9.17, 15) is 4.79 Å². The highest BCUT2D eigenvalue weighted by Crippen LogP contribution is 2.23. The number of rotatable bonds is 2. The van der Waals surface area contributed by atoms with Crippen molar-refractivity contribution in [2.45, 2.75) is 25.4 Å². The van der Waals surface area contributed by atoms with Crippen LogP contribution in [0.4, 0.5) is 0 Å². The van der Waals surface area contributed by atoms with Crippen molar-refractivity contribution in [3.05, 3.63) is 16.1 Å². The van der Waals surface area contributed by atoms with Crippen molar-refractivity contribution < 1.29 is 4.79 Å². The number of carbonyl (C=O) groups is 1. The van der Waals surface area contributed by atoms with Gasteiger partial charge in [0.25, 0.3) is 0 Å². The van der Waals surface area contributed by atoms with E-state index in [1.54, 1.807) is 0 Å². The van der Waals surface area contributed by atoms with Gasteiger partial charge in [-0.2, -0.15) is 0 Å². The Morgan fingerprint density at radius 2 is 2.33 bits per heavy atom. The Morgan fingerprint density at radius 1 is 1.60 bits per heavy atom. The summed E-state index contributed by atoms with van der Waals surface area (Å²) in [6.45, 7) is 0.880. The molecule has 0 N–H and O–H groups in total. The number of imidazole rings is 1. The van der Waals surface area contributed by atoms with Crippen molar-refractivity contribution in [2.75, 3.05) is 14.1 Å². The van der Waals surface area contributed by atoms with Gasteiger partial charge < -0.3 is 9.47 Å². The molecule has 2 rings (SSSR count). The quantitative estimate of drug-likeness (QED) is 0.762. The normalized spacial score (nSPS) is 20.4. The lowest BCUT2D eigenvalue weighted by atomic mass is 10.1. The number of halogens is 1. The minimum atomic E-state index is 0.534. The molecule has 0 amide bonds. The number of likely N-dealkylation sites (N-methyl/N-ethyl adjacent to an activating group) is 1. The SMILES string of the molecule is CN(C)C1CCn2c(nc(Br)c2C=O)C1. The van der Waals surface area contributed by atoms with Crippen molar-refractivity contribution in [3.63, 3.8) is 0 Å². The summed E-state index contributed by atoms with van der Waals surface area (Å²) in [5, 5.41) is 0. The highest BCUT2D eigenvalue weighted by atomic mass is 79.9. The fourth-order valence-corrected chi connectivity index (χ4v) is 2.54. The number of hydrogen-bond acceptors (Lipinski definition) is 3. The van der Waals surface area contributed by atoms with E-state index in [2.05, 4.69) is 39.9 Å². The van der Waals surface area contributed by atoms with Crippen molar-refractivity contribution in [1.29, 1.82) is 0 Å². The van der Waals surface area contributed by atoms with Gasteiger partial charge in [-0.1, -0.05) is 0 Å². The van der Waals surface area contributed by atoms with Gasteiger partial charge in [0.15, 0.2) is 6.29 Å². The van der Waals surface area contributed by atoms with Crippen molar-refractivity contribution in [3.8, 4) is 0 Å². The molecule has 0 bridgehead atoms. The van der Waals surface area contributed by atoms with Crippen LogP contribution in [0.1, 0.15) is 22.7 Å². The molecule has 15 heavy (non-hydrogen) atoms. The van der Waals surface area contributed by atoms with Crippen LogP contribution in [-0.2, 0) is 13.0 Å². The van der Waals surface area contributed by atoms with Crippen molar-refractivity contribution >= 4 is 22.2 Å². The summed E-state index contributed by atoms with van der Waals surface area (Å²) >= 11 is 3.32. The Kier molecular flexibility index (Phi) is 2.93. The Hall–Kier alpha value is -0.680. The second-order valence-electron chi connectivity index (χ2n) is 4.08. The van der Waals surface area contributed by atoms with Crippen LogP contribution < -0.4 is 0 Å². The average Bonchev–Trinajstić information content (AvgIpc) is 2.51. The molecule has 1 aromatic rings. The number of aromatic nitrogens is 2. The van der Waals surface area contributed by atoms with Gasteiger partial charge in [0.1, 0.15) is 16.1 Å². The average molecular weight is 272 g/mol. The van der Waals surface area contributed by atoms with Gasteiger partial charge in [-0.3, -0.25) is 4.79 Å². The first-order chi connectivity index (χ1) is 7.13. The predicted molar refractivity (Wildman–Crippen MR) is 61.1 cm³/mol. The summed E-state index contributed by atoms with van der Waals surface area (Å²) in [5.41, 5.74) is 0.669. The maximum absolute atomic E-state index is 10.9. The summed E-state index contributed by atoms with van der Waals surface area (Å²) in [4.78, 5) is 17.5. The smallest absolute Gasteiger partial charge is 0.169 e. The first-order valence-corrected chi connectivity index (χ1v) is 5.79. The van der Waals surface area contributed by atoms with E-state index in [1.807, 2.05) is 4.57 Å². The van der Waals surface area contributed by atoms with Crippen LogP contribution >= 0.6 is 15.9 Å². The summed E-state index contributed by atoms with van der Waals surface area (Å²) in [5.74, 6) is 1.01. The van der Waals surface area contributed by atoms with Gasteiger partial charge in [-0.25, -0.2) is 4.98 Å². The third-order valence-corrected chi connectivity index (χ3v) is 3.57. The second-order valence-corrected chi connectivity index (χ2v) is 4.83. The molecule has 0 fully saturated rings. The molecule has 1 unspecified atom stereocenters. The van der Waals surface area contributed by atoms with Crippen molar-refractivity contribution in [1.82, 2.24) is 14.5 Å². The monoisotopic (exact) mass is 271 g/mol. The molecule has 0 aromatic carbocycles. The predicted octanol–water partition coefficient (Wildman–Crippen LogP) is 1.33. The third-order valence-electron chi connectivity index (χ3n) is 2.99. The van der Waals surface area contributed by atoms with Crippen molar-refractivity contribution in [2.24, 2.45) is 0 Å². The lowest BCUT2D eigenvalue weighted by Crippen LogP contribution is -2.35. The number of fused-ring (bicyclic) bond motifs is 1. The Bertz CT molecular complexity index is 386. The third kappa shape index (κ3) is 1.86. The first kappa shape index (κ1) is 10.8. The summed E-state index contributed by atoms with van der Waals surface area (Å²) in [7, 11) is 4.16. The molecular weight excluding hydrogens is 258 g/mol. The maximum atomic E-state index is 10.9. The van der Waals surface area contributed by atoms with Gasteiger partial charge in [0, 0.05) is 19.0 Å². The van der Waals surface area contributed by atoms with Crippen LogP contribution in [0.2, 0.25) is 0 Å². The van der Waals surface area contributed by atoms with E-state index >= 15 is 0 Å². The van der Waals surface area contributed by atoms with Gasteiger partial charge in [0.2, 0.25) is 0 Å². The van der Waals surface area contributed by atoms with Crippen LogP contribution in [0.15, 0.2) is 4.60 Å². The van der Waals surface area contributed by atoms with E-state index in [0.717, 1.165) is 31.5 Å². The zero-order chi connectivity index (χ0) is 11.0. The molecular formula is C10H14BrN3O. The highest BCUT2D eigenvalue weighted by molar-refractivity contribution is 9.10. The Morgan fingerprint density at radius 3 is 2.93 bits per heavy atom. The lowest BCUT2D eigenvalue weighted by molar-refractivity contribution is 0.111. The van der Waals surface area contributed by atoms with E-state index in [1.165, 1.54) is 0 Å². The highest BCUT2D eigenvalue weighted by Gasteiger charge is 2.24. The van der Waals surface area contributed by atoms with Gasteiger partial charge in [-0.05, 0) is 36.4 Å². The molecule has 0 saturated carbocycles. The number of carbonyl (C=O) groups excluding carboxylic acids is 1. The number of aldehydes is 1. The zero-order valence-electron chi connectivity index (χ0n) is 8.90. The first-order valence-electron chi connectivity index (χ1n) is 5.00. The molecule has 4 nitrogen and oxygen atoms in total.